The number of carbonyl (C=O) groups excluding carboxylic acids is 1. The molecule has 8 heteroatoms. The second-order valence-electron chi connectivity index (χ2n) is 6.15. The molecule has 0 radical (unpaired) electrons. The molecule has 1 fully saturated rings. The standard InChI is InChI=1S/C13H13BrN4O.C6H9NO/c1-7-6-16-13(18-12(7)15)17-9-3-4-11(14)10(5-9)8(2)19;7-5-6-1-3-8-4-2-6/h3-6H,1-2H3,(H3,15,16,17,18);6H,1-4H2. The minimum Gasteiger partial charge on any atom is -0.383 e. The number of ether oxygens (including phenoxy) is 1. The van der Waals surface area contributed by atoms with E-state index in [0.717, 1.165) is 41.8 Å². The van der Waals surface area contributed by atoms with Crippen LogP contribution in [-0.2, 0) is 4.74 Å². The highest BCUT2D eigenvalue weighted by Crippen LogP contribution is 2.23. The molecular formula is C19H22BrN5O2. The molecule has 7 nitrogen and oxygen atoms in total. The average Bonchev–Trinajstić information content (AvgIpc) is 2.67. The van der Waals surface area contributed by atoms with Crippen LogP contribution in [0.25, 0.3) is 0 Å². The van der Waals surface area contributed by atoms with Crippen molar-refractivity contribution in [3.05, 3.63) is 40.0 Å². The molecule has 1 saturated heterocycles. The zero-order chi connectivity index (χ0) is 19.8. The molecule has 0 atom stereocenters. The predicted molar refractivity (Wildman–Crippen MR) is 108 cm³/mol. The fraction of sp³-hybridized carbons (Fsp3) is 0.368. The Kier molecular flexibility index (Phi) is 7.70. The molecule has 1 aromatic heterocycles. The Balaban J connectivity index is 0.000000273. The fourth-order valence-electron chi connectivity index (χ4n) is 2.34. The summed E-state index contributed by atoms with van der Waals surface area (Å²) < 4.78 is 5.81. The first kappa shape index (κ1) is 20.8. The maximum Gasteiger partial charge on any atom is 0.229 e. The number of Topliss-reactive ketones (excluding diaryl/α,β-unsaturated/α-hetero) is 1. The van der Waals surface area contributed by atoms with Gasteiger partial charge < -0.3 is 15.8 Å². The lowest BCUT2D eigenvalue weighted by atomic mass is 10.0. The van der Waals surface area contributed by atoms with Gasteiger partial charge in [-0.25, -0.2) is 4.98 Å². The van der Waals surface area contributed by atoms with Crippen LogP contribution < -0.4 is 11.1 Å². The second kappa shape index (κ2) is 10.00. The van der Waals surface area contributed by atoms with E-state index in [4.69, 9.17) is 15.7 Å². The van der Waals surface area contributed by atoms with Crippen molar-refractivity contribution in [2.45, 2.75) is 26.7 Å². The van der Waals surface area contributed by atoms with Crippen molar-refractivity contribution >= 4 is 39.2 Å². The fourth-order valence-corrected chi connectivity index (χ4v) is 2.87. The van der Waals surface area contributed by atoms with E-state index in [9.17, 15) is 4.79 Å². The van der Waals surface area contributed by atoms with Crippen molar-refractivity contribution in [3.63, 3.8) is 0 Å². The van der Waals surface area contributed by atoms with E-state index in [1.807, 2.05) is 13.0 Å². The molecular weight excluding hydrogens is 410 g/mol. The smallest absolute Gasteiger partial charge is 0.229 e. The summed E-state index contributed by atoms with van der Waals surface area (Å²) in [4.78, 5) is 19.7. The van der Waals surface area contributed by atoms with E-state index in [-0.39, 0.29) is 11.7 Å². The number of nitrogens with one attached hydrogen (secondary N) is 1. The number of aryl methyl sites for hydroxylation is 1. The number of ketones is 1. The van der Waals surface area contributed by atoms with E-state index in [1.54, 1.807) is 18.3 Å². The van der Waals surface area contributed by atoms with Gasteiger partial charge in [0.15, 0.2) is 5.78 Å². The molecule has 2 aromatic rings. The van der Waals surface area contributed by atoms with Gasteiger partial charge in [0, 0.05) is 40.7 Å². The molecule has 1 aliphatic heterocycles. The zero-order valence-corrected chi connectivity index (χ0v) is 16.9. The molecule has 3 rings (SSSR count). The molecule has 0 aliphatic carbocycles. The first-order chi connectivity index (χ1) is 12.9. The Labute approximate surface area is 167 Å². The lowest BCUT2D eigenvalue weighted by Gasteiger charge is -2.14. The summed E-state index contributed by atoms with van der Waals surface area (Å²) in [6.07, 6.45) is 3.50. The highest BCUT2D eigenvalue weighted by molar-refractivity contribution is 9.10. The van der Waals surface area contributed by atoms with Crippen molar-refractivity contribution < 1.29 is 9.53 Å². The minimum absolute atomic E-state index is 0.0140. The number of hydrogen-bond acceptors (Lipinski definition) is 7. The van der Waals surface area contributed by atoms with Gasteiger partial charge in [0.1, 0.15) is 5.82 Å². The van der Waals surface area contributed by atoms with Gasteiger partial charge in [-0.2, -0.15) is 10.2 Å². The minimum atomic E-state index is -0.0140. The number of carbonyl (C=O) groups is 1. The van der Waals surface area contributed by atoms with Crippen molar-refractivity contribution in [2.24, 2.45) is 5.92 Å². The number of nitrogens with zero attached hydrogens (tertiary/aromatic N) is 3. The van der Waals surface area contributed by atoms with Crippen LogP contribution in [0.3, 0.4) is 0 Å². The number of nitrogens with two attached hydrogens (primary N) is 1. The summed E-state index contributed by atoms with van der Waals surface area (Å²) in [6, 6.07) is 7.60. The van der Waals surface area contributed by atoms with Crippen molar-refractivity contribution in [1.29, 1.82) is 5.26 Å². The summed E-state index contributed by atoms with van der Waals surface area (Å²) in [5.74, 6) is 1.09. The van der Waals surface area contributed by atoms with E-state index < -0.39 is 0 Å². The van der Waals surface area contributed by atoms with Crippen LogP contribution in [0, 0.1) is 24.2 Å². The number of benzene rings is 1. The molecule has 2 heterocycles. The van der Waals surface area contributed by atoms with E-state index in [1.165, 1.54) is 6.92 Å². The summed E-state index contributed by atoms with van der Waals surface area (Å²) in [6.45, 7) is 4.91. The number of nitriles is 1. The lowest BCUT2D eigenvalue weighted by Crippen LogP contribution is -2.13. The highest BCUT2D eigenvalue weighted by atomic mass is 79.9. The Morgan fingerprint density at radius 2 is 2.11 bits per heavy atom. The Hall–Kier alpha value is -2.50. The van der Waals surface area contributed by atoms with Crippen LogP contribution in [0.1, 0.15) is 35.7 Å². The number of rotatable bonds is 3. The number of halogens is 1. The Bertz CT molecular complexity index is 844. The van der Waals surface area contributed by atoms with Gasteiger partial charge >= 0.3 is 0 Å². The maximum atomic E-state index is 11.5. The average molecular weight is 432 g/mol. The topological polar surface area (TPSA) is 114 Å². The third kappa shape index (κ3) is 6.31. The number of aromatic nitrogens is 2. The lowest BCUT2D eigenvalue weighted by molar-refractivity contribution is 0.0802. The van der Waals surface area contributed by atoms with Crippen molar-refractivity contribution in [2.75, 3.05) is 24.3 Å². The van der Waals surface area contributed by atoms with Gasteiger partial charge in [-0.3, -0.25) is 4.79 Å². The first-order valence-corrected chi connectivity index (χ1v) is 9.34. The van der Waals surface area contributed by atoms with Crippen LogP contribution >= 0.6 is 15.9 Å². The molecule has 0 saturated carbocycles. The first-order valence-electron chi connectivity index (χ1n) is 8.54. The highest BCUT2D eigenvalue weighted by Gasteiger charge is 2.11. The zero-order valence-electron chi connectivity index (χ0n) is 15.3. The summed E-state index contributed by atoms with van der Waals surface area (Å²) >= 11 is 3.34. The van der Waals surface area contributed by atoms with Crippen molar-refractivity contribution in [3.8, 4) is 6.07 Å². The van der Waals surface area contributed by atoms with Gasteiger partial charge in [-0.05, 0) is 44.9 Å². The van der Waals surface area contributed by atoms with E-state index in [2.05, 4.69) is 37.3 Å². The largest absolute Gasteiger partial charge is 0.383 e. The molecule has 1 aromatic carbocycles. The number of anilines is 3. The summed E-state index contributed by atoms with van der Waals surface area (Å²) in [7, 11) is 0. The Morgan fingerprint density at radius 1 is 1.41 bits per heavy atom. The summed E-state index contributed by atoms with van der Waals surface area (Å²) in [5.41, 5.74) is 7.88. The molecule has 0 amide bonds. The van der Waals surface area contributed by atoms with Gasteiger partial charge in [-0.15, -0.1) is 0 Å². The monoisotopic (exact) mass is 431 g/mol. The SMILES string of the molecule is CC(=O)c1cc(Nc2ncc(C)c(N)n2)ccc1Br.N#CC1CCOCC1. The summed E-state index contributed by atoms with van der Waals surface area (Å²) in [5, 5.41) is 11.4. The normalized spacial score (nSPS) is 13.9. The molecule has 0 bridgehead atoms. The van der Waals surface area contributed by atoms with Crippen LogP contribution in [0.15, 0.2) is 28.9 Å². The Morgan fingerprint density at radius 3 is 2.67 bits per heavy atom. The number of hydrogen-bond donors (Lipinski definition) is 2. The third-order valence-corrected chi connectivity index (χ3v) is 4.71. The second-order valence-corrected chi connectivity index (χ2v) is 7.01. The van der Waals surface area contributed by atoms with Crippen molar-refractivity contribution in [1.82, 2.24) is 9.97 Å². The molecule has 0 spiro atoms. The van der Waals surface area contributed by atoms with Crippen LogP contribution in [0.4, 0.5) is 17.5 Å². The van der Waals surface area contributed by atoms with E-state index >= 15 is 0 Å². The van der Waals surface area contributed by atoms with Crippen LogP contribution in [0.5, 0.6) is 0 Å². The van der Waals surface area contributed by atoms with E-state index in [0.29, 0.717) is 17.3 Å². The van der Waals surface area contributed by atoms with Gasteiger partial charge in [0.05, 0.1) is 12.0 Å². The van der Waals surface area contributed by atoms with Crippen LogP contribution in [0.2, 0.25) is 0 Å². The molecule has 0 unspecified atom stereocenters. The maximum absolute atomic E-state index is 11.5. The molecule has 27 heavy (non-hydrogen) atoms. The van der Waals surface area contributed by atoms with Gasteiger partial charge in [0.2, 0.25) is 5.95 Å². The van der Waals surface area contributed by atoms with Gasteiger partial charge in [-0.1, -0.05) is 15.9 Å². The predicted octanol–water partition coefficient (Wildman–Crippen LogP) is 4.01. The molecule has 3 N–H and O–H groups in total. The third-order valence-electron chi connectivity index (χ3n) is 4.02. The quantitative estimate of drug-likeness (QED) is 0.705. The number of nitrogen functional groups attached to an aromatic ring is 1. The molecule has 142 valence electrons. The van der Waals surface area contributed by atoms with Gasteiger partial charge in [0.25, 0.3) is 0 Å². The molecule has 1 aliphatic rings. The van der Waals surface area contributed by atoms with Crippen LogP contribution in [-0.4, -0.2) is 29.0 Å².